The van der Waals surface area contributed by atoms with Crippen LogP contribution in [0.25, 0.3) is 5.57 Å². The maximum atomic E-state index is 13.0. The summed E-state index contributed by atoms with van der Waals surface area (Å²) in [7, 11) is 1.70. The summed E-state index contributed by atoms with van der Waals surface area (Å²) in [5, 5.41) is 11.3. The predicted molar refractivity (Wildman–Crippen MR) is 209 cm³/mol. The summed E-state index contributed by atoms with van der Waals surface area (Å²) >= 11 is 5.32. The van der Waals surface area contributed by atoms with Crippen molar-refractivity contribution in [1.29, 1.82) is 5.26 Å². The van der Waals surface area contributed by atoms with Gasteiger partial charge in [0.1, 0.15) is 28.4 Å². The zero-order chi connectivity index (χ0) is 42.4. The van der Waals surface area contributed by atoms with E-state index in [1.165, 1.54) is 0 Å². The lowest BCUT2D eigenvalue weighted by molar-refractivity contribution is -0.149. The fraction of sp³-hybridized carbons (Fsp3) is 0.409. The van der Waals surface area contributed by atoms with Crippen LogP contribution in [0.15, 0.2) is 89.7 Å². The van der Waals surface area contributed by atoms with E-state index < -0.39 is 52.2 Å². The van der Waals surface area contributed by atoms with Crippen LogP contribution < -0.4 is 10.1 Å². The molecule has 0 bridgehead atoms. The van der Waals surface area contributed by atoms with Gasteiger partial charge in [-0.3, -0.25) is 9.59 Å². The Labute approximate surface area is 340 Å². The first-order valence-electron chi connectivity index (χ1n) is 18.8. The van der Waals surface area contributed by atoms with E-state index in [9.17, 15) is 32.8 Å². The number of carbonyl (C=O) groups excluding carboxylic acids is 3. The van der Waals surface area contributed by atoms with Crippen molar-refractivity contribution in [2.75, 3.05) is 13.7 Å². The number of carbonyl (C=O) groups is 3. The summed E-state index contributed by atoms with van der Waals surface area (Å²) in [5.74, 6) is -1.10. The molecule has 3 atom stereocenters. The fourth-order valence-corrected chi connectivity index (χ4v) is 7.53. The molecule has 58 heavy (non-hydrogen) atoms. The Hall–Kier alpha value is -5.32. The number of para-hydroxylation sites is 1. The largest absolute Gasteiger partial charge is 0.513 e. The van der Waals surface area contributed by atoms with Crippen molar-refractivity contribution in [3.63, 3.8) is 0 Å². The lowest BCUT2D eigenvalue weighted by Crippen LogP contribution is -2.49. The van der Waals surface area contributed by atoms with Gasteiger partial charge in [0.05, 0.1) is 29.7 Å². The molecule has 1 amide bonds. The highest BCUT2D eigenvalue weighted by atomic mass is 35.5. The van der Waals surface area contributed by atoms with E-state index in [1.54, 1.807) is 64.3 Å². The van der Waals surface area contributed by atoms with E-state index in [1.807, 2.05) is 56.3 Å². The number of methoxy groups -OCH3 is 1. The van der Waals surface area contributed by atoms with Gasteiger partial charge in [-0.1, -0.05) is 85.6 Å². The Balaban J connectivity index is 0.000000223. The Morgan fingerprint density at radius 2 is 1.69 bits per heavy atom. The van der Waals surface area contributed by atoms with Crippen molar-refractivity contribution in [3.05, 3.63) is 112 Å². The van der Waals surface area contributed by atoms with E-state index in [0.717, 1.165) is 35.6 Å². The van der Waals surface area contributed by atoms with E-state index in [0.29, 0.717) is 41.2 Å². The van der Waals surface area contributed by atoms with E-state index in [-0.39, 0.29) is 18.6 Å². The highest BCUT2D eigenvalue weighted by Gasteiger charge is 2.62. The average Bonchev–Trinajstić information content (AvgIpc) is 3.63. The first-order valence-corrected chi connectivity index (χ1v) is 19.2. The van der Waals surface area contributed by atoms with Gasteiger partial charge in [0, 0.05) is 12.7 Å². The first-order chi connectivity index (χ1) is 27.4. The van der Waals surface area contributed by atoms with Crippen molar-refractivity contribution in [1.82, 2.24) is 5.32 Å². The van der Waals surface area contributed by atoms with Gasteiger partial charge < -0.3 is 29.0 Å². The van der Waals surface area contributed by atoms with Crippen LogP contribution in [0.1, 0.15) is 74.8 Å². The zero-order valence-electron chi connectivity index (χ0n) is 33.1. The molecule has 6 rings (SSSR count). The highest BCUT2D eigenvalue weighted by Crippen LogP contribution is 2.61. The Bertz CT molecular complexity index is 2100. The number of esters is 1. The van der Waals surface area contributed by atoms with Crippen LogP contribution in [0.5, 0.6) is 11.5 Å². The lowest BCUT2D eigenvalue weighted by Gasteiger charge is -2.37. The maximum Gasteiger partial charge on any atom is 0.513 e. The number of amides is 1. The van der Waals surface area contributed by atoms with Crippen LogP contribution in [-0.4, -0.2) is 49.6 Å². The minimum Gasteiger partial charge on any atom is -0.457 e. The number of hydrogen-bond acceptors (Lipinski definition) is 9. The molecule has 0 aromatic heterocycles. The number of benzene rings is 3. The summed E-state index contributed by atoms with van der Waals surface area (Å²) in [4.78, 5) is 37.7. The van der Waals surface area contributed by atoms with E-state index in [2.05, 4.69) is 5.32 Å². The predicted octanol–water partition coefficient (Wildman–Crippen LogP) is 10.2. The van der Waals surface area contributed by atoms with Crippen molar-refractivity contribution in [2.24, 2.45) is 17.3 Å². The molecule has 1 heterocycles. The molecule has 3 aromatic rings. The minimum atomic E-state index is -4.68. The summed E-state index contributed by atoms with van der Waals surface area (Å²) in [6, 6.07) is 23.4. The standard InChI is InChI=1S/C23H19ClF3NO3.C21H27NO5/c1-22(2)17(12-19(24)23(25,26)27)20(22)21(29)31-18(13-28)14-7-6-10-16(11-14)30-15-8-4-3-5-9-15;1-5-26-20(24)27-18-17(16-12-13(2)6-7-14(16)3)19(23)22-21(18)10-8-15(25-4)9-11-21/h3-12,17-18,20H,1-2H3;6-7,12,15H,5,8-11H2,1-4H3,(H,22,23)/b19-12-;/t17-,18?,20-;/m0./s1. The third kappa shape index (κ3) is 10.0. The molecule has 1 N–H and O–H groups in total. The molecular formula is C44H46ClF3N2O8. The van der Waals surface area contributed by atoms with Crippen molar-refractivity contribution >= 4 is 35.2 Å². The Morgan fingerprint density at radius 1 is 1.02 bits per heavy atom. The quantitative estimate of drug-likeness (QED) is 0.198. The molecule has 0 saturated heterocycles. The third-order valence-electron chi connectivity index (χ3n) is 10.7. The van der Waals surface area contributed by atoms with Gasteiger partial charge in [-0.2, -0.15) is 18.4 Å². The molecule has 10 nitrogen and oxygen atoms in total. The number of rotatable bonds is 10. The maximum absolute atomic E-state index is 13.0. The second-order valence-corrected chi connectivity index (χ2v) is 15.5. The summed E-state index contributed by atoms with van der Waals surface area (Å²) in [6.07, 6.45) is -2.82. The van der Waals surface area contributed by atoms with Gasteiger partial charge in [0.25, 0.3) is 5.91 Å². The molecule has 3 aromatic carbocycles. The molecule has 3 aliphatic rings. The summed E-state index contributed by atoms with van der Waals surface area (Å²) in [5.41, 5.74) is 2.15. The smallest absolute Gasteiger partial charge is 0.457 e. The van der Waals surface area contributed by atoms with Crippen molar-refractivity contribution in [3.8, 4) is 17.6 Å². The number of nitrogens with zero attached hydrogens (tertiary/aromatic N) is 1. The Kier molecular flexibility index (Phi) is 13.7. The number of halogens is 4. The normalized spacial score (nSPS) is 20.2. The molecule has 1 aliphatic heterocycles. The number of nitrogens with one attached hydrogen (secondary N) is 1. The van der Waals surface area contributed by atoms with Gasteiger partial charge in [-0.05, 0) is 93.2 Å². The van der Waals surface area contributed by atoms with Gasteiger partial charge in [-0.25, -0.2) is 4.79 Å². The molecule has 308 valence electrons. The zero-order valence-corrected chi connectivity index (χ0v) is 33.8. The lowest BCUT2D eigenvalue weighted by atomic mass is 9.79. The Morgan fingerprint density at radius 3 is 2.31 bits per heavy atom. The molecular weight excluding hydrogens is 777 g/mol. The summed E-state index contributed by atoms with van der Waals surface area (Å²) < 4.78 is 65.3. The SMILES string of the molecule is CC1(C)[C@H](C(=O)OC(C#N)c2cccc(Oc3ccccc3)c2)[C@@H]1/C=C(\Cl)C(F)(F)F.CCOC(=O)OC1=C(c2cc(C)ccc2C)C(=O)NC12CCC(OC)CC2. The molecule has 14 heteroatoms. The fourth-order valence-electron chi connectivity index (χ4n) is 7.40. The van der Waals surface area contributed by atoms with Crippen LogP contribution in [0.4, 0.5) is 18.0 Å². The van der Waals surface area contributed by atoms with Crippen LogP contribution in [0.2, 0.25) is 0 Å². The van der Waals surface area contributed by atoms with Gasteiger partial charge in [0.15, 0.2) is 0 Å². The molecule has 2 aliphatic carbocycles. The van der Waals surface area contributed by atoms with Crippen molar-refractivity contribution in [2.45, 2.75) is 84.2 Å². The van der Waals surface area contributed by atoms with Crippen molar-refractivity contribution < 1.29 is 51.2 Å². The number of alkyl halides is 3. The van der Waals surface area contributed by atoms with Crippen LogP contribution in [0, 0.1) is 42.4 Å². The molecule has 1 spiro atoms. The van der Waals surface area contributed by atoms with Crippen LogP contribution in [-0.2, 0) is 28.5 Å². The monoisotopic (exact) mass is 822 g/mol. The number of ether oxygens (including phenoxy) is 5. The average molecular weight is 823 g/mol. The summed E-state index contributed by atoms with van der Waals surface area (Å²) in [6.45, 7) is 9.16. The molecule has 0 radical (unpaired) electrons. The number of nitriles is 1. The number of hydrogen-bond donors (Lipinski definition) is 1. The second kappa shape index (κ2) is 18.1. The van der Waals surface area contributed by atoms with E-state index in [4.69, 9.17) is 35.3 Å². The number of aryl methyl sites for hydroxylation is 2. The van der Waals surface area contributed by atoms with Crippen LogP contribution in [0.3, 0.4) is 0 Å². The first kappa shape index (κ1) is 43.8. The molecule has 2 saturated carbocycles. The molecule has 2 fully saturated rings. The van der Waals surface area contributed by atoms with Gasteiger partial charge in [0.2, 0.25) is 6.10 Å². The van der Waals surface area contributed by atoms with Gasteiger partial charge >= 0.3 is 18.3 Å². The second-order valence-electron chi connectivity index (χ2n) is 15.0. The third-order valence-corrected chi connectivity index (χ3v) is 11.1. The van der Waals surface area contributed by atoms with Crippen LogP contribution >= 0.6 is 11.6 Å². The minimum absolute atomic E-state index is 0.154. The number of allylic oxidation sites excluding steroid dienone is 2. The van der Waals surface area contributed by atoms with E-state index >= 15 is 0 Å². The van der Waals surface area contributed by atoms with Gasteiger partial charge in [-0.15, -0.1) is 0 Å². The molecule has 1 unspecified atom stereocenters. The highest BCUT2D eigenvalue weighted by molar-refractivity contribution is 6.30. The topological polar surface area (TPSA) is 133 Å².